The molecule has 1 aromatic heterocycles. The van der Waals surface area contributed by atoms with Gasteiger partial charge in [0.05, 0.1) is 5.52 Å². The Kier molecular flexibility index (Phi) is 1.61. The fourth-order valence-corrected chi connectivity index (χ4v) is 1.27. The average molecular weight is 153 g/mol. The van der Waals surface area contributed by atoms with Crippen LogP contribution in [0.5, 0.6) is 0 Å². The summed E-state index contributed by atoms with van der Waals surface area (Å²) in [5, 5.41) is 1.11. The molecule has 2 rings (SSSR count). The lowest BCUT2D eigenvalue weighted by molar-refractivity contribution is 1.41. The first-order chi connectivity index (χ1) is 5.75. The molecule has 0 fully saturated rings. The van der Waals surface area contributed by atoms with Crippen LogP contribution in [0.1, 0.15) is 5.56 Å². The highest BCUT2D eigenvalue weighted by Gasteiger charge is 1.93. The van der Waals surface area contributed by atoms with E-state index in [0.29, 0.717) is 5.46 Å². The van der Waals surface area contributed by atoms with Crippen LogP contribution in [0, 0.1) is 6.92 Å². The van der Waals surface area contributed by atoms with Gasteiger partial charge in [-0.25, -0.2) is 0 Å². The van der Waals surface area contributed by atoms with Gasteiger partial charge in [-0.05, 0) is 24.4 Å². The number of aromatic nitrogens is 1. The van der Waals surface area contributed by atoms with E-state index < -0.39 is 0 Å². The Hall–Kier alpha value is -1.31. The first kappa shape index (κ1) is 7.35. The third kappa shape index (κ3) is 1.20. The standard InChI is InChI=1S/C10H8BN/c1-7-2-3-10-8(4-7)5-9(11)6-12-10/h2-6H,1H3. The molecule has 0 aliphatic heterocycles. The van der Waals surface area contributed by atoms with Crippen LogP contribution in [0.2, 0.25) is 0 Å². The molecule has 1 heterocycles. The fourth-order valence-electron chi connectivity index (χ4n) is 1.27. The number of benzene rings is 1. The Morgan fingerprint density at radius 2 is 2.08 bits per heavy atom. The quantitative estimate of drug-likeness (QED) is 0.520. The molecule has 2 radical (unpaired) electrons. The maximum absolute atomic E-state index is 5.61. The third-order valence-corrected chi connectivity index (χ3v) is 1.86. The SMILES string of the molecule is [B]c1cnc2ccc(C)cc2c1. The van der Waals surface area contributed by atoms with Crippen molar-refractivity contribution in [3.63, 3.8) is 0 Å². The van der Waals surface area contributed by atoms with E-state index in [2.05, 4.69) is 18.0 Å². The van der Waals surface area contributed by atoms with Crippen molar-refractivity contribution in [3.8, 4) is 0 Å². The van der Waals surface area contributed by atoms with E-state index in [1.54, 1.807) is 6.20 Å². The fraction of sp³-hybridized carbons (Fsp3) is 0.100. The van der Waals surface area contributed by atoms with Crippen molar-refractivity contribution in [1.29, 1.82) is 0 Å². The molecule has 0 amide bonds. The van der Waals surface area contributed by atoms with Crippen molar-refractivity contribution in [3.05, 3.63) is 36.0 Å². The summed E-state index contributed by atoms with van der Waals surface area (Å²) in [5.41, 5.74) is 2.94. The number of hydrogen-bond acceptors (Lipinski definition) is 1. The molecule has 0 aliphatic carbocycles. The zero-order valence-electron chi connectivity index (χ0n) is 6.91. The van der Waals surface area contributed by atoms with Crippen molar-refractivity contribution in [2.75, 3.05) is 0 Å². The predicted octanol–water partition coefficient (Wildman–Crippen LogP) is 1.34. The second kappa shape index (κ2) is 2.63. The van der Waals surface area contributed by atoms with Crippen LogP contribution in [0.15, 0.2) is 30.5 Å². The number of rotatable bonds is 0. The van der Waals surface area contributed by atoms with Crippen molar-refractivity contribution in [2.45, 2.75) is 6.92 Å². The molecule has 2 heteroatoms. The summed E-state index contributed by atoms with van der Waals surface area (Å²) in [5.74, 6) is 0. The Balaban J connectivity index is 2.80. The lowest BCUT2D eigenvalue weighted by atomic mass is 9.97. The van der Waals surface area contributed by atoms with Crippen molar-refractivity contribution < 1.29 is 0 Å². The number of nitrogens with zero attached hydrogens (tertiary/aromatic N) is 1. The average Bonchev–Trinajstić information content (AvgIpc) is 2.03. The highest BCUT2D eigenvalue weighted by molar-refractivity contribution is 6.32. The van der Waals surface area contributed by atoms with Gasteiger partial charge in [-0.1, -0.05) is 23.2 Å². The second-order valence-corrected chi connectivity index (χ2v) is 2.96. The minimum absolute atomic E-state index is 0.716. The first-order valence-electron chi connectivity index (χ1n) is 3.87. The van der Waals surface area contributed by atoms with Gasteiger partial charge < -0.3 is 0 Å². The van der Waals surface area contributed by atoms with E-state index in [4.69, 9.17) is 7.85 Å². The van der Waals surface area contributed by atoms with Crippen LogP contribution in [0.4, 0.5) is 0 Å². The lowest BCUT2D eigenvalue weighted by Gasteiger charge is -1.99. The Labute approximate surface area is 72.8 Å². The Bertz CT molecular complexity index is 386. The van der Waals surface area contributed by atoms with E-state index in [1.165, 1.54) is 5.56 Å². The number of hydrogen-bond donors (Lipinski definition) is 0. The van der Waals surface area contributed by atoms with Gasteiger partial charge in [-0.2, -0.15) is 0 Å². The molecule has 0 bridgehead atoms. The largest absolute Gasteiger partial charge is 0.257 e. The van der Waals surface area contributed by atoms with Gasteiger partial charge >= 0.3 is 0 Å². The molecule has 0 atom stereocenters. The van der Waals surface area contributed by atoms with E-state index >= 15 is 0 Å². The van der Waals surface area contributed by atoms with E-state index in [9.17, 15) is 0 Å². The van der Waals surface area contributed by atoms with Gasteiger partial charge in [0.15, 0.2) is 0 Å². The molecule has 0 N–H and O–H groups in total. The van der Waals surface area contributed by atoms with Crippen LogP contribution in [0.3, 0.4) is 0 Å². The van der Waals surface area contributed by atoms with Crippen LogP contribution in [-0.2, 0) is 0 Å². The molecule has 1 aromatic carbocycles. The summed E-state index contributed by atoms with van der Waals surface area (Å²) in [6.07, 6.45) is 1.68. The molecule has 0 aliphatic rings. The van der Waals surface area contributed by atoms with Crippen LogP contribution in [-0.4, -0.2) is 12.8 Å². The van der Waals surface area contributed by atoms with Crippen molar-refractivity contribution in [2.24, 2.45) is 0 Å². The number of fused-ring (bicyclic) bond motifs is 1. The van der Waals surface area contributed by atoms with Crippen LogP contribution in [0.25, 0.3) is 10.9 Å². The van der Waals surface area contributed by atoms with Crippen LogP contribution >= 0.6 is 0 Å². The molecule has 12 heavy (non-hydrogen) atoms. The van der Waals surface area contributed by atoms with Crippen molar-refractivity contribution >= 4 is 24.2 Å². The molecular weight excluding hydrogens is 145 g/mol. The van der Waals surface area contributed by atoms with Gasteiger partial charge in [-0.15, -0.1) is 0 Å². The lowest BCUT2D eigenvalue weighted by Crippen LogP contribution is -2.01. The number of pyridine rings is 1. The molecule has 0 saturated carbocycles. The van der Waals surface area contributed by atoms with E-state index in [-0.39, 0.29) is 0 Å². The highest BCUT2D eigenvalue weighted by Crippen LogP contribution is 2.10. The summed E-state index contributed by atoms with van der Waals surface area (Å²) >= 11 is 0. The van der Waals surface area contributed by atoms with Crippen molar-refractivity contribution in [1.82, 2.24) is 4.98 Å². The third-order valence-electron chi connectivity index (χ3n) is 1.86. The predicted molar refractivity (Wildman–Crippen MR) is 51.9 cm³/mol. The van der Waals surface area contributed by atoms with Gasteiger partial charge in [0.2, 0.25) is 0 Å². The molecule has 0 spiro atoms. The molecule has 2 aromatic rings. The zero-order valence-corrected chi connectivity index (χ0v) is 6.91. The molecule has 0 saturated heterocycles. The second-order valence-electron chi connectivity index (χ2n) is 2.96. The zero-order chi connectivity index (χ0) is 8.55. The minimum atomic E-state index is 0.716. The number of aryl methyl sites for hydroxylation is 1. The maximum atomic E-state index is 5.61. The molecule has 0 unspecified atom stereocenters. The summed E-state index contributed by atoms with van der Waals surface area (Å²) < 4.78 is 0. The highest BCUT2D eigenvalue weighted by atomic mass is 14.6. The van der Waals surface area contributed by atoms with E-state index in [1.807, 2.05) is 18.2 Å². The molecule has 56 valence electrons. The minimum Gasteiger partial charge on any atom is -0.257 e. The summed E-state index contributed by atoms with van der Waals surface area (Å²) in [6, 6.07) is 8.07. The maximum Gasteiger partial charge on any atom is 0.115 e. The van der Waals surface area contributed by atoms with Gasteiger partial charge in [0, 0.05) is 6.20 Å². The van der Waals surface area contributed by atoms with Gasteiger partial charge in [0.25, 0.3) is 0 Å². The van der Waals surface area contributed by atoms with Gasteiger partial charge in [0.1, 0.15) is 7.85 Å². The van der Waals surface area contributed by atoms with Crippen LogP contribution < -0.4 is 5.46 Å². The topological polar surface area (TPSA) is 12.9 Å². The molecule has 1 nitrogen and oxygen atoms in total. The Morgan fingerprint density at radius 3 is 2.92 bits per heavy atom. The van der Waals surface area contributed by atoms with Gasteiger partial charge in [-0.3, -0.25) is 4.98 Å². The molecular formula is C10H8BN. The summed E-state index contributed by atoms with van der Waals surface area (Å²) in [6.45, 7) is 2.06. The summed E-state index contributed by atoms with van der Waals surface area (Å²) in [7, 11) is 5.61. The van der Waals surface area contributed by atoms with E-state index in [0.717, 1.165) is 10.9 Å². The smallest absolute Gasteiger partial charge is 0.115 e. The normalized spacial score (nSPS) is 10.4. The summed E-state index contributed by atoms with van der Waals surface area (Å²) in [4.78, 5) is 4.20. The monoisotopic (exact) mass is 153 g/mol. The Morgan fingerprint density at radius 1 is 1.25 bits per heavy atom. The first-order valence-corrected chi connectivity index (χ1v) is 3.87.